The Kier molecular flexibility index (Phi) is 5.23. The molecule has 21 heavy (non-hydrogen) atoms. The van der Waals surface area contributed by atoms with Gasteiger partial charge in [0.25, 0.3) is 0 Å². The molecule has 0 fully saturated rings. The number of rotatable bonds is 3. The number of nitrogens with one attached hydrogen (secondary N) is 1. The number of carboxylic acids is 1. The second-order valence-electron chi connectivity index (χ2n) is 6.08. The van der Waals surface area contributed by atoms with Crippen LogP contribution in [0.2, 0.25) is 5.02 Å². The van der Waals surface area contributed by atoms with E-state index in [1.54, 1.807) is 18.0 Å². The van der Waals surface area contributed by atoms with E-state index in [0.717, 1.165) is 0 Å². The number of carboxylic acid groups (broad SMARTS) is 1. The third-order valence-electron chi connectivity index (χ3n) is 3.60. The fourth-order valence-electron chi connectivity index (χ4n) is 1.74. The van der Waals surface area contributed by atoms with Gasteiger partial charge in [0.05, 0.1) is 10.6 Å². The topological polar surface area (TPSA) is 69.6 Å². The van der Waals surface area contributed by atoms with Crippen LogP contribution in [0.5, 0.6) is 0 Å². The summed E-state index contributed by atoms with van der Waals surface area (Å²) in [6.45, 7) is 8.11. The van der Waals surface area contributed by atoms with E-state index in [1.165, 1.54) is 12.1 Å². The van der Waals surface area contributed by atoms with E-state index in [2.05, 4.69) is 5.32 Å². The van der Waals surface area contributed by atoms with Crippen LogP contribution >= 0.6 is 11.6 Å². The number of hydrogen-bond acceptors (Lipinski definition) is 2. The highest BCUT2D eigenvalue weighted by molar-refractivity contribution is 6.33. The Morgan fingerprint density at radius 2 is 1.90 bits per heavy atom. The van der Waals surface area contributed by atoms with Crippen molar-refractivity contribution >= 4 is 29.3 Å². The first kappa shape index (κ1) is 17.3. The van der Waals surface area contributed by atoms with Gasteiger partial charge in [0.2, 0.25) is 0 Å². The first-order valence-corrected chi connectivity index (χ1v) is 6.98. The summed E-state index contributed by atoms with van der Waals surface area (Å²) < 4.78 is 0. The van der Waals surface area contributed by atoms with Crippen LogP contribution in [0.4, 0.5) is 10.5 Å². The second kappa shape index (κ2) is 6.35. The molecule has 1 aromatic rings. The number of hydrogen-bond donors (Lipinski definition) is 2. The molecule has 2 N–H and O–H groups in total. The molecule has 2 amide bonds. The van der Waals surface area contributed by atoms with Crippen molar-refractivity contribution < 1.29 is 14.7 Å². The lowest BCUT2D eigenvalue weighted by molar-refractivity contribution is 0.0697. The van der Waals surface area contributed by atoms with Crippen LogP contribution in [0.3, 0.4) is 0 Å². The van der Waals surface area contributed by atoms with Crippen LogP contribution in [-0.4, -0.2) is 35.1 Å². The Balaban J connectivity index is 2.89. The number of anilines is 1. The fourth-order valence-corrected chi connectivity index (χ4v) is 1.93. The number of carbonyl (C=O) groups is 2. The van der Waals surface area contributed by atoms with Gasteiger partial charge in [-0.15, -0.1) is 0 Å². The molecule has 0 saturated heterocycles. The maximum Gasteiger partial charge on any atom is 0.337 e. The molecule has 1 rings (SSSR count). The van der Waals surface area contributed by atoms with E-state index in [0.29, 0.717) is 5.69 Å². The van der Waals surface area contributed by atoms with Crippen molar-refractivity contribution in [3.63, 3.8) is 0 Å². The van der Waals surface area contributed by atoms with Gasteiger partial charge in [-0.3, -0.25) is 0 Å². The van der Waals surface area contributed by atoms with Gasteiger partial charge in [-0.05, 0) is 30.5 Å². The second-order valence-corrected chi connectivity index (χ2v) is 6.49. The van der Waals surface area contributed by atoms with Gasteiger partial charge in [-0.2, -0.15) is 0 Å². The predicted octanol–water partition coefficient (Wildman–Crippen LogP) is 3.94. The van der Waals surface area contributed by atoms with Crippen molar-refractivity contribution in [1.82, 2.24) is 4.90 Å². The number of halogens is 1. The van der Waals surface area contributed by atoms with Crippen LogP contribution in [0.1, 0.15) is 38.1 Å². The van der Waals surface area contributed by atoms with E-state index in [9.17, 15) is 9.59 Å². The van der Waals surface area contributed by atoms with Crippen molar-refractivity contribution in [3.8, 4) is 0 Å². The summed E-state index contributed by atoms with van der Waals surface area (Å²) in [5.41, 5.74) is 0.300. The Bertz CT molecular complexity index is 552. The lowest BCUT2D eigenvalue weighted by Crippen LogP contribution is -2.44. The molecule has 0 heterocycles. The molecular formula is C15H21ClN2O3. The average Bonchev–Trinajstić information content (AvgIpc) is 2.37. The minimum absolute atomic E-state index is 0.0174. The van der Waals surface area contributed by atoms with Gasteiger partial charge in [0.15, 0.2) is 0 Å². The SMILES string of the molecule is CC(N(C)C(=O)Nc1ccc(Cl)c(C(=O)O)c1)C(C)(C)C. The van der Waals surface area contributed by atoms with Gasteiger partial charge in [-0.25, -0.2) is 9.59 Å². The predicted molar refractivity (Wildman–Crippen MR) is 84.1 cm³/mol. The maximum atomic E-state index is 12.2. The van der Waals surface area contributed by atoms with E-state index in [1.807, 2.05) is 27.7 Å². The highest BCUT2D eigenvalue weighted by Crippen LogP contribution is 2.24. The number of nitrogens with zero attached hydrogens (tertiary/aromatic N) is 1. The summed E-state index contributed by atoms with van der Waals surface area (Å²) in [4.78, 5) is 24.8. The zero-order valence-corrected chi connectivity index (χ0v) is 13.7. The lowest BCUT2D eigenvalue weighted by Gasteiger charge is -2.35. The minimum Gasteiger partial charge on any atom is -0.478 e. The van der Waals surface area contributed by atoms with Gasteiger partial charge >= 0.3 is 12.0 Å². The van der Waals surface area contributed by atoms with Crippen LogP contribution in [0.15, 0.2) is 18.2 Å². The normalized spacial score (nSPS) is 12.7. The van der Waals surface area contributed by atoms with Crippen molar-refractivity contribution in [2.75, 3.05) is 12.4 Å². The van der Waals surface area contributed by atoms with Crippen LogP contribution in [0, 0.1) is 5.41 Å². The third kappa shape index (κ3) is 4.36. The van der Waals surface area contributed by atoms with Gasteiger partial charge in [0, 0.05) is 18.8 Å². The van der Waals surface area contributed by atoms with Crippen molar-refractivity contribution in [2.24, 2.45) is 5.41 Å². The molecule has 5 nitrogen and oxygen atoms in total. The van der Waals surface area contributed by atoms with Crippen molar-refractivity contribution in [3.05, 3.63) is 28.8 Å². The summed E-state index contributed by atoms with van der Waals surface area (Å²) in [5, 5.41) is 11.8. The largest absolute Gasteiger partial charge is 0.478 e. The summed E-state index contributed by atoms with van der Waals surface area (Å²) in [6.07, 6.45) is 0. The quantitative estimate of drug-likeness (QED) is 0.888. The number of carbonyl (C=O) groups excluding carboxylic acids is 1. The van der Waals surface area contributed by atoms with E-state index in [4.69, 9.17) is 16.7 Å². The van der Waals surface area contributed by atoms with Crippen molar-refractivity contribution in [1.29, 1.82) is 0 Å². The molecular weight excluding hydrogens is 292 g/mol. The molecule has 1 atom stereocenters. The molecule has 1 unspecified atom stereocenters. The van der Waals surface area contributed by atoms with Crippen LogP contribution < -0.4 is 5.32 Å². The number of urea groups is 1. The fraction of sp³-hybridized carbons (Fsp3) is 0.467. The Hall–Kier alpha value is -1.75. The minimum atomic E-state index is -1.13. The van der Waals surface area contributed by atoms with Crippen molar-refractivity contribution in [2.45, 2.75) is 33.7 Å². The summed E-state index contributed by atoms with van der Waals surface area (Å²) in [5.74, 6) is -1.13. The zero-order chi connectivity index (χ0) is 16.4. The Morgan fingerprint density at radius 3 is 2.38 bits per heavy atom. The van der Waals surface area contributed by atoms with E-state index < -0.39 is 5.97 Å². The molecule has 0 radical (unpaired) electrons. The highest BCUT2D eigenvalue weighted by atomic mass is 35.5. The lowest BCUT2D eigenvalue weighted by atomic mass is 9.87. The smallest absolute Gasteiger partial charge is 0.337 e. The van der Waals surface area contributed by atoms with Crippen LogP contribution in [-0.2, 0) is 0 Å². The summed E-state index contributed by atoms with van der Waals surface area (Å²) >= 11 is 5.80. The summed E-state index contributed by atoms with van der Waals surface area (Å²) in [6, 6.07) is 4.09. The molecule has 0 aliphatic heterocycles. The standard InChI is InChI=1S/C15H21ClN2O3/c1-9(15(2,3)4)18(5)14(21)17-10-6-7-12(16)11(8-10)13(19)20/h6-9H,1-5H3,(H,17,21)(H,19,20). The average molecular weight is 313 g/mol. The van der Waals surface area contributed by atoms with E-state index >= 15 is 0 Å². The number of benzene rings is 1. The monoisotopic (exact) mass is 312 g/mol. The molecule has 1 aromatic carbocycles. The van der Waals surface area contributed by atoms with Gasteiger partial charge < -0.3 is 15.3 Å². The zero-order valence-electron chi connectivity index (χ0n) is 12.9. The molecule has 0 spiro atoms. The molecule has 0 saturated carbocycles. The van der Waals surface area contributed by atoms with Gasteiger partial charge in [0.1, 0.15) is 0 Å². The van der Waals surface area contributed by atoms with E-state index in [-0.39, 0.29) is 28.1 Å². The van der Waals surface area contributed by atoms with Crippen LogP contribution in [0.25, 0.3) is 0 Å². The molecule has 0 bridgehead atoms. The summed E-state index contributed by atoms with van der Waals surface area (Å²) in [7, 11) is 1.71. The molecule has 0 aromatic heterocycles. The first-order valence-electron chi connectivity index (χ1n) is 6.60. The molecule has 6 heteroatoms. The molecule has 0 aliphatic carbocycles. The molecule has 0 aliphatic rings. The van der Waals surface area contributed by atoms with Gasteiger partial charge in [-0.1, -0.05) is 32.4 Å². The Morgan fingerprint density at radius 1 is 1.33 bits per heavy atom. The number of aromatic carboxylic acids is 1. The first-order chi connectivity index (χ1) is 9.54. The number of amides is 2. The Labute approximate surface area is 129 Å². The third-order valence-corrected chi connectivity index (χ3v) is 3.93. The maximum absolute atomic E-state index is 12.2. The highest BCUT2D eigenvalue weighted by Gasteiger charge is 2.27. The molecule has 116 valence electrons.